The van der Waals surface area contributed by atoms with E-state index in [4.69, 9.17) is 10.2 Å². The van der Waals surface area contributed by atoms with Gasteiger partial charge in [-0.25, -0.2) is 0 Å². The van der Waals surface area contributed by atoms with Crippen LogP contribution in [-0.4, -0.2) is 45.2 Å². The third-order valence-electron chi connectivity index (χ3n) is 5.78. The van der Waals surface area contributed by atoms with Crippen molar-refractivity contribution >= 4 is 26.4 Å². The lowest BCUT2D eigenvalue weighted by Gasteiger charge is -2.12. The maximum Gasteiger partial charge on any atom is 0.237 e. The Kier molecular flexibility index (Phi) is 23.8. The highest BCUT2D eigenvalue weighted by Crippen LogP contribution is 2.14. The van der Waals surface area contributed by atoms with Gasteiger partial charge in [-0.3, -0.25) is 10.1 Å². The van der Waals surface area contributed by atoms with Crippen molar-refractivity contribution in [2.45, 2.75) is 128 Å². The van der Waals surface area contributed by atoms with E-state index in [0.717, 1.165) is 45.1 Å². The second kappa shape index (κ2) is 23.9. The van der Waals surface area contributed by atoms with Crippen molar-refractivity contribution in [3.63, 3.8) is 0 Å². The zero-order chi connectivity index (χ0) is 23.9. The second-order valence-corrected chi connectivity index (χ2v) is 9.74. The quantitative estimate of drug-likeness (QED) is 0.0357. The molecule has 5 N–H and O–H groups in total. The van der Waals surface area contributed by atoms with Crippen LogP contribution in [0.25, 0.3) is 0 Å². The summed E-state index contributed by atoms with van der Waals surface area (Å²) in [6, 6.07) is 0. The number of nitrogens with one attached hydrogen (secondary N) is 2. The van der Waals surface area contributed by atoms with Crippen molar-refractivity contribution in [2.75, 3.05) is 13.6 Å². The molecule has 0 saturated carbocycles. The number of hydrogen-bond acceptors (Lipinski definition) is 6. The highest BCUT2D eigenvalue weighted by Gasteiger charge is 2.04. The van der Waals surface area contributed by atoms with Crippen LogP contribution < -0.4 is 10.6 Å². The molecule has 0 aromatic carbocycles. The fourth-order valence-corrected chi connectivity index (χ4v) is 4.28. The Balaban J connectivity index is 3.29. The van der Waals surface area contributed by atoms with E-state index in [1.807, 2.05) is 6.08 Å². The highest BCUT2D eigenvalue weighted by molar-refractivity contribution is 14.1. The van der Waals surface area contributed by atoms with Gasteiger partial charge in [0.1, 0.15) is 6.23 Å². The maximum absolute atomic E-state index is 11.3. The molecule has 0 heterocycles. The van der Waals surface area contributed by atoms with Crippen molar-refractivity contribution < 1.29 is 20.1 Å². The molecular weight excluding hydrogens is 519 g/mol. The van der Waals surface area contributed by atoms with Crippen LogP contribution in [0, 0.1) is 0 Å². The van der Waals surface area contributed by atoms with Gasteiger partial charge in [0.25, 0.3) is 0 Å². The number of carbonyl (C=O) groups is 1. The highest BCUT2D eigenvalue weighted by atomic mass is 127. The summed E-state index contributed by atoms with van der Waals surface area (Å²) in [5.74, 6) is 0. The number of rotatable bonds is 24. The lowest BCUT2D eigenvalue weighted by molar-refractivity contribution is -0.106. The zero-order valence-electron chi connectivity index (χ0n) is 20.3. The predicted molar refractivity (Wildman–Crippen MR) is 142 cm³/mol. The first-order valence-corrected chi connectivity index (χ1v) is 13.9. The second-order valence-electron chi connectivity index (χ2n) is 8.76. The summed E-state index contributed by atoms with van der Waals surface area (Å²) >= 11 is 1.78. The number of aliphatic hydroxyl groups is 3. The SMILES string of the molecule is CN/C(=C/CCCNC(O)CCCCCCCCCCCCCCCCC(O)O)C(=O)I. The van der Waals surface area contributed by atoms with Gasteiger partial charge in [0, 0.05) is 29.6 Å². The van der Waals surface area contributed by atoms with E-state index in [9.17, 15) is 9.90 Å². The number of halogens is 1. The number of hydrogen-bond donors (Lipinski definition) is 5. The van der Waals surface area contributed by atoms with Gasteiger partial charge in [-0.1, -0.05) is 83.1 Å². The minimum atomic E-state index is -1.13. The van der Waals surface area contributed by atoms with E-state index in [-0.39, 0.29) is 3.79 Å². The van der Waals surface area contributed by atoms with Gasteiger partial charge in [0.05, 0.1) is 5.70 Å². The van der Waals surface area contributed by atoms with Gasteiger partial charge in [-0.2, -0.15) is 0 Å². The van der Waals surface area contributed by atoms with E-state index in [2.05, 4.69) is 10.6 Å². The summed E-state index contributed by atoms with van der Waals surface area (Å²) in [5, 5.41) is 33.6. The third kappa shape index (κ3) is 23.0. The summed E-state index contributed by atoms with van der Waals surface area (Å²) in [7, 11) is 1.76. The number of carbonyl (C=O) groups excluding carboxylic acids is 1. The molecule has 6 nitrogen and oxygen atoms in total. The van der Waals surface area contributed by atoms with Gasteiger partial charge in [-0.15, -0.1) is 0 Å². The molecule has 0 amide bonds. The van der Waals surface area contributed by atoms with Crippen LogP contribution in [0.15, 0.2) is 11.8 Å². The Morgan fingerprint density at radius 1 is 0.750 bits per heavy atom. The van der Waals surface area contributed by atoms with Crippen LogP contribution in [0.3, 0.4) is 0 Å². The fraction of sp³-hybridized carbons (Fsp3) is 0.880. The lowest BCUT2D eigenvalue weighted by atomic mass is 10.0. The van der Waals surface area contributed by atoms with Gasteiger partial charge < -0.3 is 20.6 Å². The van der Waals surface area contributed by atoms with Crippen LogP contribution in [0.1, 0.15) is 116 Å². The Bertz CT molecular complexity index is 461. The van der Waals surface area contributed by atoms with Gasteiger partial charge in [0.15, 0.2) is 6.29 Å². The average molecular weight is 569 g/mol. The molecule has 0 aliphatic rings. The summed E-state index contributed by atoms with van der Waals surface area (Å²) in [4.78, 5) is 11.3. The molecule has 1 unspecified atom stereocenters. The zero-order valence-corrected chi connectivity index (χ0v) is 22.5. The number of unbranched alkanes of at least 4 members (excludes halogenated alkanes) is 14. The summed E-state index contributed by atoms with van der Waals surface area (Å²) in [5.41, 5.74) is 0.648. The first-order valence-electron chi connectivity index (χ1n) is 12.8. The van der Waals surface area contributed by atoms with Crippen LogP contribution in [0.4, 0.5) is 0 Å². The Labute approximate surface area is 210 Å². The molecular formula is C25H49IN2O4. The van der Waals surface area contributed by atoms with Gasteiger partial charge in [-0.05, 0) is 45.1 Å². The molecule has 190 valence electrons. The smallest absolute Gasteiger partial charge is 0.237 e. The first kappa shape index (κ1) is 31.8. The van der Waals surface area contributed by atoms with E-state index in [1.165, 1.54) is 70.6 Å². The first-order chi connectivity index (χ1) is 15.5. The summed E-state index contributed by atoms with van der Waals surface area (Å²) in [6.45, 7) is 0.762. The largest absolute Gasteiger partial charge is 0.385 e. The van der Waals surface area contributed by atoms with Gasteiger partial charge in [0.2, 0.25) is 3.79 Å². The molecule has 0 spiro atoms. The molecule has 0 fully saturated rings. The summed E-state index contributed by atoms with van der Waals surface area (Å²) < 4.78 is 0.0264. The summed E-state index contributed by atoms with van der Waals surface area (Å²) in [6.07, 6.45) is 20.7. The van der Waals surface area contributed by atoms with Crippen molar-refractivity contribution in [3.05, 3.63) is 11.8 Å². The molecule has 0 aromatic rings. The lowest BCUT2D eigenvalue weighted by Crippen LogP contribution is -2.29. The molecule has 7 heteroatoms. The molecule has 0 saturated heterocycles. The van der Waals surface area contributed by atoms with Crippen molar-refractivity contribution in [1.82, 2.24) is 10.6 Å². The maximum atomic E-state index is 11.3. The number of allylic oxidation sites excluding steroid dienone is 2. The minimum absolute atomic E-state index is 0.0264. The molecule has 1 atom stereocenters. The van der Waals surface area contributed by atoms with E-state index in [0.29, 0.717) is 12.1 Å². The van der Waals surface area contributed by atoms with Gasteiger partial charge >= 0.3 is 0 Å². The Morgan fingerprint density at radius 3 is 1.59 bits per heavy atom. The molecule has 0 aliphatic heterocycles. The van der Waals surface area contributed by atoms with Crippen molar-refractivity contribution in [3.8, 4) is 0 Å². The van der Waals surface area contributed by atoms with E-state index in [1.54, 1.807) is 29.6 Å². The normalized spacial score (nSPS) is 13.0. The van der Waals surface area contributed by atoms with Crippen LogP contribution >= 0.6 is 22.6 Å². The van der Waals surface area contributed by atoms with Crippen LogP contribution in [-0.2, 0) is 4.79 Å². The Morgan fingerprint density at radius 2 is 1.19 bits per heavy atom. The molecule has 0 aromatic heterocycles. The molecule has 0 aliphatic carbocycles. The molecule has 0 rings (SSSR count). The molecule has 0 radical (unpaired) electrons. The minimum Gasteiger partial charge on any atom is -0.385 e. The molecule has 0 bridgehead atoms. The standard InChI is InChI=1S/C25H49IN2O4/c1-27-22(25(26)32)18-16-17-21-28-23(29)19-14-12-10-8-6-4-2-3-5-7-9-11-13-15-20-24(30)31/h18,23-24,27-31H,2-17,19-21H2,1H3/b22-18+. The number of aliphatic hydroxyl groups excluding tert-OH is 2. The topological polar surface area (TPSA) is 102 Å². The van der Waals surface area contributed by atoms with E-state index < -0.39 is 12.5 Å². The van der Waals surface area contributed by atoms with Crippen LogP contribution in [0.2, 0.25) is 0 Å². The van der Waals surface area contributed by atoms with Crippen molar-refractivity contribution in [1.29, 1.82) is 0 Å². The molecule has 32 heavy (non-hydrogen) atoms. The average Bonchev–Trinajstić information content (AvgIpc) is 2.75. The number of likely N-dealkylation sites (N-methyl/N-ethyl adjacent to an activating group) is 1. The third-order valence-corrected chi connectivity index (χ3v) is 6.36. The Hall–Kier alpha value is -0.220. The fourth-order valence-electron chi connectivity index (χ4n) is 3.79. The van der Waals surface area contributed by atoms with Crippen LogP contribution in [0.5, 0.6) is 0 Å². The van der Waals surface area contributed by atoms with E-state index >= 15 is 0 Å². The van der Waals surface area contributed by atoms with Crippen molar-refractivity contribution in [2.24, 2.45) is 0 Å². The monoisotopic (exact) mass is 568 g/mol. The predicted octanol–water partition coefficient (Wildman–Crippen LogP) is 5.29.